The van der Waals surface area contributed by atoms with E-state index in [4.69, 9.17) is 0 Å². The van der Waals surface area contributed by atoms with Gasteiger partial charge in [0.15, 0.2) is 0 Å². The number of fused-ring (bicyclic) bond motifs is 1. The minimum absolute atomic E-state index is 0.889. The van der Waals surface area contributed by atoms with Crippen LogP contribution in [0.2, 0.25) is 0 Å². The Balaban J connectivity index is 2.38. The van der Waals surface area contributed by atoms with Crippen LogP contribution in [0.4, 0.5) is 0 Å². The monoisotopic (exact) mass is 199 g/mol. The summed E-state index contributed by atoms with van der Waals surface area (Å²) in [6.45, 7) is 0.983. The highest BCUT2D eigenvalue weighted by molar-refractivity contribution is 9.18. The van der Waals surface area contributed by atoms with Crippen molar-refractivity contribution in [3.05, 3.63) is 11.8 Å². The van der Waals surface area contributed by atoms with Crippen LogP contribution in [0.15, 0.2) is 21.9 Å². The zero-order valence-electron chi connectivity index (χ0n) is 5.29. The van der Waals surface area contributed by atoms with Crippen LogP contribution in [0.1, 0.15) is 6.42 Å². The van der Waals surface area contributed by atoms with Gasteiger partial charge in [-0.3, -0.25) is 5.01 Å². The lowest BCUT2D eigenvalue weighted by atomic mass is 10.4. The molecule has 0 aromatic rings. The van der Waals surface area contributed by atoms with Crippen LogP contribution in [0, 0.1) is 0 Å². The van der Waals surface area contributed by atoms with Crippen molar-refractivity contribution in [3.8, 4) is 0 Å². The molecule has 3 nitrogen and oxygen atoms in total. The Hall–Kier alpha value is -0.640. The topological polar surface area (TPSA) is 28.0 Å². The molecule has 0 saturated heterocycles. The Labute approximate surface area is 67.3 Å². The molecule has 0 bridgehead atoms. The molecule has 0 radical (unpaired) electrons. The summed E-state index contributed by atoms with van der Waals surface area (Å²) in [5, 5.41) is 6.01. The largest absolute Gasteiger partial charge is 0.261 e. The second kappa shape index (κ2) is 2.20. The smallest absolute Gasteiger partial charge is 0.137 e. The molecule has 0 aliphatic carbocycles. The van der Waals surface area contributed by atoms with E-state index in [0.717, 1.165) is 23.3 Å². The minimum atomic E-state index is 0.889. The van der Waals surface area contributed by atoms with Crippen molar-refractivity contribution >= 4 is 26.9 Å². The molecule has 0 aromatic heterocycles. The van der Waals surface area contributed by atoms with Gasteiger partial charge < -0.3 is 0 Å². The minimum Gasteiger partial charge on any atom is -0.261 e. The SMILES string of the molecule is BrC1=NC=NN2CCC=C12. The fourth-order valence-electron chi connectivity index (χ4n) is 1.07. The summed E-state index contributed by atoms with van der Waals surface area (Å²) in [6.07, 6.45) is 4.76. The molecule has 0 unspecified atom stereocenters. The second-order valence-electron chi connectivity index (χ2n) is 2.15. The van der Waals surface area contributed by atoms with Crippen LogP contribution in [0.25, 0.3) is 0 Å². The van der Waals surface area contributed by atoms with Gasteiger partial charge in [-0.05, 0) is 22.4 Å². The maximum Gasteiger partial charge on any atom is 0.137 e. The van der Waals surface area contributed by atoms with Crippen LogP contribution in [0.5, 0.6) is 0 Å². The number of allylic oxidation sites excluding steroid dienone is 1. The van der Waals surface area contributed by atoms with Gasteiger partial charge in [-0.2, -0.15) is 5.10 Å². The Morgan fingerprint density at radius 2 is 2.50 bits per heavy atom. The Kier molecular flexibility index (Phi) is 1.34. The molecule has 0 saturated carbocycles. The molecular weight excluding hydrogens is 194 g/mol. The van der Waals surface area contributed by atoms with Gasteiger partial charge in [-0.1, -0.05) is 6.08 Å². The van der Waals surface area contributed by atoms with E-state index in [9.17, 15) is 0 Å². The Morgan fingerprint density at radius 1 is 1.60 bits per heavy atom. The third-order valence-electron chi connectivity index (χ3n) is 1.53. The number of rotatable bonds is 0. The lowest BCUT2D eigenvalue weighted by Crippen LogP contribution is -2.19. The molecule has 2 heterocycles. The normalized spacial score (nSPS) is 22.3. The number of halogens is 1. The van der Waals surface area contributed by atoms with E-state index in [1.165, 1.54) is 0 Å². The first kappa shape index (κ1) is 6.09. The molecule has 0 amide bonds. The molecular formula is C6H6BrN3. The van der Waals surface area contributed by atoms with Gasteiger partial charge in [0.05, 0.1) is 5.70 Å². The van der Waals surface area contributed by atoms with Gasteiger partial charge in [-0.15, -0.1) is 0 Å². The molecule has 0 aromatic carbocycles. The molecule has 0 fully saturated rings. The Bertz CT molecular complexity index is 241. The van der Waals surface area contributed by atoms with Gasteiger partial charge >= 0.3 is 0 Å². The predicted molar refractivity (Wildman–Crippen MR) is 44.3 cm³/mol. The molecule has 2 aliphatic heterocycles. The summed E-state index contributed by atoms with van der Waals surface area (Å²) in [4.78, 5) is 4.00. The van der Waals surface area contributed by atoms with Crippen molar-refractivity contribution < 1.29 is 0 Å². The van der Waals surface area contributed by atoms with Crippen molar-refractivity contribution in [3.63, 3.8) is 0 Å². The molecule has 0 spiro atoms. The van der Waals surface area contributed by atoms with Gasteiger partial charge in [0.25, 0.3) is 0 Å². The second-order valence-corrected chi connectivity index (χ2v) is 2.90. The quantitative estimate of drug-likeness (QED) is 0.579. The van der Waals surface area contributed by atoms with E-state index in [1.54, 1.807) is 6.34 Å². The fourth-order valence-corrected chi connectivity index (χ4v) is 1.52. The van der Waals surface area contributed by atoms with Crippen LogP contribution >= 0.6 is 15.9 Å². The predicted octanol–water partition coefficient (Wildman–Crippen LogP) is 1.33. The summed E-state index contributed by atoms with van der Waals surface area (Å²) in [6, 6.07) is 0. The lowest BCUT2D eigenvalue weighted by molar-refractivity contribution is 0.417. The number of nitrogens with zero attached hydrogens (tertiary/aromatic N) is 3. The van der Waals surface area contributed by atoms with E-state index in [1.807, 2.05) is 5.01 Å². The van der Waals surface area contributed by atoms with E-state index < -0.39 is 0 Å². The zero-order chi connectivity index (χ0) is 6.97. The number of aliphatic imine (C=N–C) groups is 1. The highest BCUT2D eigenvalue weighted by Gasteiger charge is 2.19. The maximum absolute atomic E-state index is 4.06. The molecule has 4 heteroatoms. The molecule has 0 N–H and O–H groups in total. The Morgan fingerprint density at radius 3 is 3.30 bits per heavy atom. The summed E-state index contributed by atoms with van der Waals surface area (Å²) in [5.41, 5.74) is 1.10. The number of hydrogen-bond acceptors (Lipinski definition) is 3. The molecule has 2 aliphatic rings. The third kappa shape index (κ3) is 0.794. The standard InChI is InChI=1S/C6H6BrN3/c7-6-5-2-1-3-10(5)9-4-8-6/h2,4H,1,3H2. The highest BCUT2D eigenvalue weighted by Crippen LogP contribution is 2.21. The summed E-state index contributed by atoms with van der Waals surface area (Å²) in [5.74, 6) is 0. The molecule has 52 valence electrons. The first-order valence-corrected chi connectivity index (χ1v) is 3.91. The van der Waals surface area contributed by atoms with E-state index in [0.29, 0.717) is 0 Å². The zero-order valence-corrected chi connectivity index (χ0v) is 6.87. The maximum atomic E-state index is 4.06. The van der Waals surface area contributed by atoms with E-state index in [-0.39, 0.29) is 0 Å². The lowest BCUT2D eigenvalue weighted by Gasteiger charge is -2.16. The average molecular weight is 200 g/mol. The van der Waals surface area contributed by atoms with Gasteiger partial charge in [0.1, 0.15) is 11.0 Å². The van der Waals surface area contributed by atoms with Crippen LogP contribution < -0.4 is 0 Å². The van der Waals surface area contributed by atoms with Crippen molar-refractivity contribution in [1.29, 1.82) is 0 Å². The molecule has 0 atom stereocenters. The first-order valence-electron chi connectivity index (χ1n) is 3.12. The van der Waals surface area contributed by atoms with Crippen molar-refractivity contribution in [1.82, 2.24) is 5.01 Å². The summed E-state index contributed by atoms with van der Waals surface area (Å²) in [7, 11) is 0. The number of hydrogen-bond donors (Lipinski definition) is 0. The van der Waals surface area contributed by atoms with Crippen molar-refractivity contribution in [2.75, 3.05) is 6.54 Å². The summed E-state index contributed by atoms with van der Waals surface area (Å²) < 4.78 is 0.889. The van der Waals surface area contributed by atoms with Crippen LogP contribution in [-0.4, -0.2) is 22.5 Å². The van der Waals surface area contributed by atoms with Crippen LogP contribution in [0.3, 0.4) is 0 Å². The van der Waals surface area contributed by atoms with Gasteiger partial charge in [0.2, 0.25) is 0 Å². The van der Waals surface area contributed by atoms with Crippen molar-refractivity contribution in [2.45, 2.75) is 6.42 Å². The summed E-state index contributed by atoms with van der Waals surface area (Å²) >= 11 is 3.34. The van der Waals surface area contributed by atoms with E-state index in [2.05, 4.69) is 32.1 Å². The first-order chi connectivity index (χ1) is 4.88. The van der Waals surface area contributed by atoms with E-state index >= 15 is 0 Å². The van der Waals surface area contributed by atoms with Gasteiger partial charge in [-0.25, -0.2) is 4.99 Å². The van der Waals surface area contributed by atoms with Crippen LogP contribution in [-0.2, 0) is 0 Å². The highest BCUT2D eigenvalue weighted by atomic mass is 79.9. The molecule has 10 heavy (non-hydrogen) atoms. The third-order valence-corrected chi connectivity index (χ3v) is 2.14. The number of hydrazone groups is 1. The van der Waals surface area contributed by atoms with Gasteiger partial charge in [0, 0.05) is 6.54 Å². The fraction of sp³-hybridized carbons (Fsp3) is 0.333. The molecule has 2 rings (SSSR count). The average Bonchev–Trinajstić information content (AvgIpc) is 2.36. The van der Waals surface area contributed by atoms with Crippen molar-refractivity contribution in [2.24, 2.45) is 10.1 Å².